The van der Waals surface area contributed by atoms with Crippen LogP contribution in [0.1, 0.15) is 18.9 Å². The summed E-state index contributed by atoms with van der Waals surface area (Å²) in [6, 6.07) is 12.5. The van der Waals surface area contributed by atoms with Gasteiger partial charge in [0.25, 0.3) is 0 Å². The van der Waals surface area contributed by atoms with Crippen molar-refractivity contribution in [3.8, 4) is 5.75 Å². The molecule has 30 heavy (non-hydrogen) atoms. The second-order valence-electron chi connectivity index (χ2n) is 6.50. The summed E-state index contributed by atoms with van der Waals surface area (Å²) < 4.78 is 39.0. The number of amides is 1. The van der Waals surface area contributed by atoms with Gasteiger partial charge in [-0.2, -0.15) is 4.72 Å². The van der Waals surface area contributed by atoms with E-state index in [1.807, 2.05) is 37.3 Å². The van der Waals surface area contributed by atoms with Crippen LogP contribution in [0.25, 0.3) is 0 Å². The Kier molecular flexibility index (Phi) is 9.58. The van der Waals surface area contributed by atoms with E-state index in [4.69, 9.17) is 21.1 Å². The lowest BCUT2D eigenvalue weighted by atomic mass is 10.1. The maximum Gasteiger partial charge on any atom is 0.245 e. The maximum atomic E-state index is 13.0. The van der Waals surface area contributed by atoms with Crippen molar-refractivity contribution in [1.29, 1.82) is 0 Å². The molecule has 0 saturated heterocycles. The van der Waals surface area contributed by atoms with Crippen LogP contribution in [-0.2, 0) is 26.0 Å². The number of methoxy groups -OCH3 is 1. The first-order valence-corrected chi connectivity index (χ1v) is 11.5. The number of benzene rings is 2. The van der Waals surface area contributed by atoms with Gasteiger partial charge < -0.3 is 14.8 Å². The highest BCUT2D eigenvalue weighted by Crippen LogP contribution is 2.27. The van der Waals surface area contributed by atoms with Crippen molar-refractivity contribution in [1.82, 2.24) is 10.0 Å². The SMILES string of the molecule is CCOCCCNC(=O)C(Cc1ccccc1)NS(=O)(=O)c1cc(Cl)ccc1OC. The monoisotopic (exact) mass is 454 g/mol. The van der Waals surface area contributed by atoms with Gasteiger partial charge in [-0.05, 0) is 43.5 Å². The Morgan fingerprint density at radius 1 is 1.17 bits per heavy atom. The average Bonchev–Trinajstić information content (AvgIpc) is 2.73. The summed E-state index contributed by atoms with van der Waals surface area (Å²) in [4.78, 5) is 12.6. The lowest BCUT2D eigenvalue weighted by Crippen LogP contribution is -2.48. The van der Waals surface area contributed by atoms with E-state index in [9.17, 15) is 13.2 Å². The highest BCUT2D eigenvalue weighted by molar-refractivity contribution is 7.89. The number of carbonyl (C=O) groups excluding carboxylic acids is 1. The first-order valence-electron chi connectivity index (χ1n) is 9.62. The van der Waals surface area contributed by atoms with Gasteiger partial charge in [-0.25, -0.2) is 8.42 Å². The largest absolute Gasteiger partial charge is 0.495 e. The molecule has 0 fully saturated rings. The number of hydrogen-bond donors (Lipinski definition) is 2. The lowest BCUT2D eigenvalue weighted by molar-refractivity contribution is -0.122. The number of sulfonamides is 1. The summed E-state index contributed by atoms with van der Waals surface area (Å²) in [5.74, 6) is -0.276. The first kappa shape index (κ1) is 24.1. The van der Waals surface area contributed by atoms with Crippen LogP contribution in [0.2, 0.25) is 5.02 Å². The van der Waals surface area contributed by atoms with Crippen molar-refractivity contribution >= 4 is 27.5 Å². The van der Waals surface area contributed by atoms with Gasteiger partial charge in [-0.1, -0.05) is 41.9 Å². The van der Waals surface area contributed by atoms with E-state index >= 15 is 0 Å². The Bertz CT molecular complexity index is 922. The molecular formula is C21H27ClN2O5S. The first-order chi connectivity index (χ1) is 14.4. The molecule has 0 aliphatic heterocycles. The van der Waals surface area contributed by atoms with Crippen LogP contribution in [0.5, 0.6) is 5.75 Å². The van der Waals surface area contributed by atoms with Gasteiger partial charge in [0, 0.05) is 24.8 Å². The van der Waals surface area contributed by atoms with Crippen LogP contribution in [0.15, 0.2) is 53.4 Å². The van der Waals surface area contributed by atoms with Gasteiger partial charge in [0.15, 0.2) is 0 Å². The van der Waals surface area contributed by atoms with E-state index < -0.39 is 22.0 Å². The average molecular weight is 455 g/mol. The minimum Gasteiger partial charge on any atom is -0.495 e. The Hall–Kier alpha value is -2.13. The van der Waals surface area contributed by atoms with Gasteiger partial charge in [0.2, 0.25) is 15.9 Å². The molecule has 0 saturated carbocycles. The number of nitrogens with one attached hydrogen (secondary N) is 2. The predicted molar refractivity (Wildman–Crippen MR) is 116 cm³/mol. The molecule has 0 aliphatic carbocycles. The van der Waals surface area contributed by atoms with Crippen LogP contribution in [-0.4, -0.2) is 47.2 Å². The van der Waals surface area contributed by atoms with Crippen molar-refractivity contribution in [2.75, 3.05) is 26.9 Å². The fraction of sp³-hybridized carbons (Fsp3) is 0.381. The zero-order valence-electron chi connectivity index (χ0n) is 17.1. The molecule has 0 aliphatic rings. The van der Waals surface area contributed by atoms with E-state index in [1.165, 1.54) is 25.3 Å². The molecule has 1 unspecified atom stereocenters. The summed E-state index contributed by atoms with van der Waals surface area (Å²) in [7, 11) is -2.70. The topological polar surface area (TPSA) is 93.7 Å². The number of rotatable bonds is 12. The number of ether oxygens (including phenoxy) is 2. The molecule has 0 spiro atoms. The van der Waals surface area contributed by atoms with Crippen LogP contribution >= 0.6 is 11.6 Å². The van der Waals surface area contributed by atoms with Crippen molar-refractivity contribution in [3.63, 3.8) is 0 Å². The number of hydrogen-bond acceptors (Lipinski definition) is 5. The van der Waals surface area contributed by atoms with Gasteiger partial charge >= 0.3 is 0 Å². The van der Waals surface area contributed by atoms with Crippen LogP contribution in [0.4, 0.5) is 0 Å². The van der Waals surface area contributed by atoms with Gasteiger partial charge in [-0.15, -0.1) is 0 Å². The van der Waals surface area contributed by atoms with E-state index in [0.717, 1.165) is 5.56 Å². The van der Waals surface area contributed by atoms with Gasteiger partial charge in [0.05, 0.1) is 7.11 Å². The molecule has 7 nitrogen and oxygen atoms in total. The molecule has 0 aromatic heterocycles. The molecule has 2 N–H and O–H groups in total. The molecule has 0 radical (unpaired) electrons. The van der Waals surface area contributed by atoms with Gasteiger partial charge in [-0.3, -0.25) is 4.79 Å². The summed E-state index contributed by atoms with van der Waals surface area (Å²) in [6.45, 7) is 3.40. The van der Waals surface area contributed by atoms with Crippen molar-refractivity contribution in [2.45, 2.75) is 30.7 Å². The summed E-state index contributed by atoms with van der Waals surface area (Å²) in [6.07, 6.45) is 0.826. The van der Waals surface area contributed by atoms with Crippen LogP contribution in [0.3, 0.4) is 0 Å². The second-order valence-corrected chi connectivity index (χ2v) is 8.62. The third-order valence-electron chi connectivity index (χ3n) is 4.28. The highest BCUT2D eigenvalue weighted by Gasteiger charge is 2.28. The van der Waals surface area contributed by atoms with Gasteiger partial charge in [0.1, 0.15) is 16.7 Å². The molecule has 1 atom stereocenters. The maximum absolute atomic E-state index is 13.0. The fourth-order valence-electron chi connectivity index (χ4n) is 2.80. The minimum absolute atomic E-state index is 0.125. The molecular weight excluding hydrogens is 428 g/mol. The van der Waals surface area contributed by atoms with Crippen molar-refractivity contribution in [2.24, 2.45) is 0 Å². The third-order valence-corrected chi connectivity index (χ3v) is 6.01. The quantitative estimate of drug-likeness (QED) is 0.481. The van der Waals surface area contributed by atoms with Crippen LogP contribution in [0, 0.1) is 0 Å². The summed E-state index contributed by atoms with van der Waals surface area (Å²) >= 11 is 5.98. The Labute approximate surface area is 182 Å². The Balaban J connectivity index is 2.21. The van der Waals surface area contributed by atoms with E-state index in [-0.39, 0.29) is 22.1 Å². The normalized spacial score (nSPS) is 12.4. The minimum atomic E-state index is -4.07. The van der Waals surface area contributed by atoms with Crippen LogP contribution < -0.4 is 14.8 Å². The molecule has 164 valence electrons. The van der Waals surface area contributed by atoms with E-state index in [0.29, 0.717) is 26.2 Å². The second kappa shape index (κ2) is 11.9. The molecule has 2 rings (SSSR count). The molecule has 0 bridgehead atoms. The lowest BCUT2D eigenvalue weighted by Gasteiger charge is -2.20. The summed E-state index contributed by atoms with van der Waals surface area (Å²) in [5, 5.41) is 3.02. The molecule has 9 heteroatoms. The highest BCUT2D eigenvalue weighted by atomic mass is 35.5. The molecule has 0 heterocycles. The number of carbonyl (C=O) groups is 1. The van der Waals surface area contributed by atoms with E-state index in [1.54, 1.807) is 0 Å². The number of halogens is 1. The van der Waals surface area contributed by atoms with Crippen molar-refractivity contribution < 1.29 is 22.7 Å². The molecule has 2 aromatic rings. The standard InChI is InChI=1S/C21H27ClN2O5S/c1-3-29-13-7-12-23-21(25)18(14-16-8-5-4-6-9-16)24-30(26,27)20-15-17(22)10-11-19(20)28-2/h4-6,8-11,15,18,24H,3,7,12-14H2,1-2H3,(H,23,25). The summed E-state index contributed by atoms with van der Waals surface area (Å²) in [5.41, 5.74) is 0.827. The van der Waals surface area contributed by atoms with E-state index in [2.05, 4.69) is 10.0 Å². The Morgan fingerprint density at radius 2 is 1.90 bits per heavy atom. The molecule has 1 amide bonds. The third kappa shape index (κ3) is 7.28. The predicted octanol–water partition coefficient (Wildman–Crippen LogP) is 2.78. The Morgan fingerprint density at radius 3 is 2.57 bits per heavy atom. The zero-order chi connectivity index (χ0) is 22.0. The zero-order valence-corrected chi connectivity index (χ0v) is 18.6. The van der Waals surface area contributed by atoms with Crippen molar-refractivity contribution in [3.05, 3.63) is 59.1 Å². The fourth-order valence-corrected chi connectivity index (χ4v) is 4.43. The molecule has 2 aromatic carbocycles. The smallest absolute Gasteiger partial charge is 0.245 e.